The van der Waals surface area contributed by atoms with Gasteiger partial charge in [0, 0.05) is 25.9 Å². The van der Waals surface area contributed by atoms with Gasteiger partial charge in [0.2, 0.25) is 15.9 Å². The predicted molar refractivity (Wildman–Crippen MR) is 128 cm³/mol. The van der Waals surface area contributed by atoms with E-state index in [1.807, 2.05) is 13.8 Å². The molecule has 0 radical (unpaired) electrons. The number of pyridine rings is 1. The molecule has 0 unspecified atom stereocenters. The lowest BCUT2D eigenvalue weighted by atomic mass is 10.1. The van der Waals surface area contributed by atoms with Gasteiger partial charge < -0.3 is 14.2 Å². The number of halogens is 4. The second-order valence-corrected chi connectivity index (χ2v) is 10.6. The molecular weight excluding hydrogens is 509 g/mol. The minimum Gasteiger partial charge on any atom is -0.491 e. The number of methoxy groups -OCH3 is 1. The van der Waals surface area contributed by atoms with Crippen LogP contribution in [0.1, 0.15) is 37.8 Å². The van der Waals surface area contributed by atoms with Crippen molar-refractivity contribution in [3.05, 3.63) is 46.6 Å². The van der Waals surface area contributed by atoms with E-state index in [4.69, 9.17) is 25.8 Å². The summed E-state index contributed by atoms with van der Waals surface area (Å²) in [5, 5.41) is -0.312. The Kier molecular flexibility index (Phi) is 11.1. The molecule has 35 heavy (non-hydrogen) atoms. The lowest BCUT2D eigenvalue weighted by Gasteiger charge is -2.15. The van der Waals surface area contributed by atoms with E-state index in [2.05, 4.69) is 9.71 Å². The minimum atomic E-state index is -4.59. The highest BCUT2D eigenvalue weighted by Gasteiger charge is 2.32. The van der Waals surface area contributed by atoms with Crippen LogP contribution in [0.25, 0.3) is 0 Å². The number of ether oxygens (including phenoxy) is 3. The van der Waals surface area contributed by atoms with Crippen molar-refractivity contribution in [1.29, 1.82) is 0 Å². The first-order valence-electron chi connectivity index (χ1n) is 11.0. The standard InChI is InChI=1S/C23H30ClF3N2O5S/c1-16(2)8-9-29-35(30,31)12-4-5-17-6-7-19(33-11-10-32-3)14-21(17)34-22-20(24)13-18(15-28-22)23(25,26)27/h6-7,13-16,29H,4-5,8-12H2,1-3H3. The van der Waals surface area contributed by atoms with Gasteiger partial charge in [-0.3, -0.25) is 0 Å². The third kappa shape index (κ3) is 10.2. The van der Waals surface area contributed by atoms with Crippen LogP contribution >= 0.6 is 11.6 Å². The van der Waals surface area contributed by atoms with Crippen LogP contribution in [0, 0.1) is 5.92 Å². The highest BCUT2D eigenvalue weighted by Crippen LogP contribution is 2.36. The topological polar surface area (TPSA) is 86.8 Å². The van der Waals surface area contributed by atoms with Gasteiger partial charge in [-0.05, 0) is 42.9 Å². The molecule has 1 N–H and O–H groups in total. The van der Waals surface area contributed by atoms with Gasteiger partial charge in [0.05, 0.1) is 17.9 Å². The molecule has 196 valence electrons. The molecule has 1 aromatic carbocycles. The maximum Gasteiger partial charge on any atom is 0.417 e. The molecule has 0 spiro atoms. The van der Waals surface area contributed by atoms with E-state index in [0.29, 0.717) is 49.4 Å². The van der Waals surface area contributed by atoms with Gasteiger partial charge in [-0.25, -0.2) is 18.1 Å². The molecule has 0 saturated heterocycles. The molecule has 2 rings (SSSR count). The molecule has 7 nitrogen and oxygen atoms in total. The van der Waals surface area contributed by atoms with E-state index >= 15 is 0 Å². The molecule has 0 amide bonds. The summed E-state index contributed by atoms with van der Waals surface area (Å²) in [5.74, 6) is 0.771. The molecule has 0 atom stereocenters. The zero-order valence-electron chi connectivity index (χ0n) is 19.8. The summed E-state index contributed by atoms with van der Waals surface area (Å²) in [4.78, 5) is 3.71. The molecule has 0 bridgehead atoms. The predicted octanol–water partition coefficient (Wildman–Crippen LogP) is 5.47. The molecule has 12 heteroatoms. The zero-order chi connectivity index (χ0) is 26.1. The Balaban J connectivity index is 2.17. The quantitative estimate of drug-likeness (QED) is 0.321. The third-order valence-corrected chi connectivity index (χ3v) is 6.58. The Morgan fingerprint density at radius 3 is 2.54 bits per heavy atom. The first-order chi connectivity index (χ1) is 16.4. The summed E-state index contributed by atoms with van der Waals surface area (Å²) < 4.78 is 82.1. The van der Waals surface area contributed by atoms with Crippen molar-refractivity contribution in [3.63, 3.8) is 0 Å². The maximum atomic E-state index is 12.9. The second-order valence-electron chi connectivity index (χ2n) is 8.22. The summed E-state index contributed by atoms with van der Waals surface area (Å²) in [7, 11) is -1.90. The van der Waals surface area contributed by atoms with Crippen LogP contribution in [-0.2, 0) is 27.4 Å². The Hall–Kier alpha value is -2.08. The summed E-state index contributed by atoms with van der Waals surface area (Å²) in [6.07, 6.45) is -2.59. The molecule has 1 aromatic heterocycles. The van der Waals surface area contributed by atoms with E-state index in [0.717, 1.165) is 12.5 Å². The number of rotatable bonds is 14. The van der Waals surface area contributed by atoms with Crippen molar-refractivity contribution >= 4 is 21.6 Å². The molecule has 0 aliphatic heterocycles. The number of hydrogen-bond donors (Lipinski definition) is 1. The third-order valence-electron chi connectivity index (χ3n) is 4.84. The Labute approximate surface area is 209 Å². The van der Waals surface area contributed by atoms with Crippen LogP contribution in [0.4, 0.5) is 13.2 Å². The van der Waals surface area contributed by atoms with E-state index in [-0.39, 0.29) is 29.0 Å². The highest BCUT2D eigenvalue weighted by molar-refractivity contribution is 7.89. The van der Waals surface area contributed by atoms with Gasteiger partial charge in [0.1, 0.15) is 23.1 Å². The van der Waals surface area contributed by atoms with E-state index in [9.17, 15) is 21.6 Å². The van der Waals surface area contributed by atoms with Crippen molar-refractivity contribution in [3.8, 4) is 17.4 Å². The monoisotopic (exact) mass is 538 g/mol. The second kappa shape index (κ2) is 13.3. The fourth-order valence-electron chi connectivity index (χ4n) is 2.96. The van der Waals surface area contributed by atoms with Crippen LogP contribution in [0.15, 0.2) is 30.5 Å². The molecular formula is C23H30ClF3N2O5S. The average Bonchev–Trinajstić information content (AvgIpc) is 2.75. The van der Waals surface area contributed by atoms with E-state index < -0.39 is 21.8 Å². The van der Waals surface area contributed by atoms with Crippen LogP contribution in [-0.4, -0.2) is 46.0 Å². The van der Waals surface area contributed by atoms with Gasteiger partial charge in [0.15, 0.2) is 0 Å². The smallest absolute Gasteiger partial charge is 0.417 e. The number of alkyl halides is 3. The normalized spacial score (nSPS) is 12.2. The van der Waals surface area contributed by atoms with Gasteiger partial charge in [-0.1, -0.05) is 31.5 Å². The first-order valence-corrected chi connectivity index (χ1v) is 13.1. The van der Waals surface area contributed by atoms with Gasteiger partial charge >= 0.3 is 6.18 Å². The summed E-state index contributed by atoms with van der Waals surface area (Å²) >= 11 is 5.99. The number of hydrogen-bond acceptors (Lipinski definition) is 6. The molecule has 0 aliphatic carbocycles. The molecule has 0 fully saturated rings. The first kappa shape index (κ1) is 29.2. The number of aryl methyl sites for hydroxylation is 1. The van der Waals surface area contributed by atoms with Crippen LogP contribution in [0.2, 0.25) is 5.02 Å². The summed E-state index contributed by atoms with van der Waals surface area (Å²) in [6.45, 7) is 5.02. The maximum absolute atomic E-state index is 12.9. The highest BCUT2D eigenvalue weighted by atomic mass is 35.5. The van der Waals surface area contributed by atoms with Crippen LogP contribution in [0.3, 0.4) is 0 Å². The largest absolute Gasteiger partial charge is 0.491 e. The van der Waals surface area contributed by atoms with Crippen molar-refractivity contribution in [1.82, 2.24) is 9.71 Å². The lowest BCUT2D eigenvalue weighted by Crippen LogP contribution is -2.28. The fourth-order valence-corrected chi connectivity index (χ4v) is 4.26. The van der Waals surface area contributed by atoms with E-state index in [1.54, 1.807) is 18.2 Å². The zero-order valence-corrected chi connectivity index (χ0v) is 21.4. The molecule has 0 saturated carbocycles. The Morgan fingerprint density at radius 2 is 1.91 bits per heavy atom. The van der Waals surface area contributed by atoms with E-state index in [1.165, 1.54) is 7.11 Å². The van der Waals surface area contributed by atoms with Crippen molar-refractivity contribution in [2.75, 3.05) is 32.6 Å². The minimum absolute atomic E-state index is 0.0874. The van der Waals surface area contributed by atoms with Crippen molar-refractivity contribution < 1.29 is 35.8 Å². The van der Waals surface area contributed by atoms with Crippen molar-refractivity contribution in [2.45, 2.75) is 39.3 Å². The number of benzene rings is 1. The summed E-state index contributed by atoms with van der Waals surface area (Å²) in [6, 6.07) is 5.68. The average molecular weight is 539 g/mol. The molecule has 1 heterocycles. The van der Waals surface area contributed by atoms with Crippen LogP contribution < -0.4 is 14.2 Å². The number of sulfonamides is 1. The Bertz CT molecular complexity index is 1070. The van der Waals surface area contributed by atoms with Gasteiger partial charge in [0.25, 0.3) is 0 Å². The lowest BCUT2D eigenvalue weighted by molar-refractivity contribution is -0.137. The van der Waals surface area contributed by atoms with Crippen LogP contribution in [0.5, 0.6) is 17.4 Å². The molecule has 0 aliphatic rings. The van der Waals surface area contributed by atoms with Crippen molar-refractivity contribution in [2.24, 2.45) is 5.92 Å². The Morgan fingerprint density at radius 1 is 1.17 bits per heavy atom. The van der Waals surface area contributed by atoms with Gasteiger partial charge in [-0.2, -0.15) is 13.2 Å². The fraction of sp³-hybridized carbons (Fsp3) is 0.522. The van der Waals surface area contributed by atoms with Gasteiger partial charge in [-0.15, -0.1) is 0 Å². The number of nitrogens with one attached hydrogen (secondary N) is 1. The number of aromatic nitrogens is 1. The molecule has 2 aromatic rings. The number of nitrogens with zero attached hydrogens (tertiary/aromatic N) is 1. The SMILES string of the molecule is COCCOc1ccc(CCCS(=O)(=O)NCCC(C)C)c(Oc2ncc(C(F)(F)F)cc2Cl)c1. The summed E-state index contributed by atoms with van der Waals surface area (Å²) in [5.41, 5.74) is -0.374.